The Morgan fingerprint density at radius 3 is 1.61 bits per heavy atom. The zero-order valence-electron chi connectivity index (χ0n) is 14.6. The molecule has 4 radical (unpaired) electrons. The van der Waals surface area contributed by atoms with E-state index in [1.165, 1.54) is 24.8 Å². The summed E-state index contributed by atoms with van der Waals surface area (Å²) in [6, 6.07) is 0. The van der Waals surface area contributed by atoms with Crippen molar-refractivity contribution < 1.29 is 34.8 Å². The van der Waals surface area contributed by atoms with Crippen molar-refractivity contribution in [1.29, 1.82) is 0 Å². The molecular weight excluding hydrogens is 439 g/mol. The molecule has 0 amide bonds. The predicted octanol–water partition coefficient (Wildman–Crippen LogP) is -2.19. The van der Waals surface area contributed by atoms with Gasteiger partial charge in [-0.3, -0.25) is 0 Å². The molecule has 150 valence electrons. The van der Waals surface area contributed by atoms with Gasteiger partial charge >= 0.3 is 23.0 Å². The first kappa shape index (κ1) is 27.0. The fourth-order valence-electron chi connectivity index (χ4n) is 1.21. The largest absolute Gasteiger partial charge is 2.00 e. The minimum absolute atomic E-state index is 0. The molecule has 2 aromatic heterocycles. The van der Waals surface area contributed by atoms with Gasteiger partial charge in [-0.1, -0.05) is 6.92 Å². The number of imidazole rings is 2. The molecule has 2 rings (SSSR count). The number of rotatable bonds is 6. The Kier molecular flexibility index (Phi) is 15.4. The van der Waals surface area contributed by atoms with Gasteiger partial charge in [-0.05, 0) is 30.7 Å². The number of aromatic nitrogens is 4. The second kappa shape index (κ2) is 16.0. The Hall–Kier alpha value is -3.21. The standard InChI is InChI=1S/2C6H6N2O2.C4H8O3.Se/c2*9-6(10)2-1-5-3-7-4-8-5;1-2-3(5)4(6)7;/h2*1-4H,(H,7,8)(H,9,10);3,5H,2H2,1H3,(H,6,7);/q;;;+2/p-2. The maximum Gasteiger partial charge on any atom is 2.00 e. The molecule has 0 aromatic carbocycles. The molecule has 0 fully saturated rings. The van der Waals surface area contributed by atoms with Crippen LogP contribution in [0.5, 0.6) is 0 Å². The van der Waals surface area contributed by atoms with Crippen LogP contribution in [0.3, 0.4) is 0 Å². The van der Waals surface area contributed by atoms with E-state index in [1.54, 1.807) is 19.3 Å². The first-order chi connectivity index (χ1) is 12.8. The van der Waals surface area contributed by atoms with E-state index < -0.39 is 24.0 Å². The average molecular weight is 457 g/mol. The Balaban J connectivity index is 0. The number of carbonyl (C=O) groups is 3. The summed E-state index contributed by atoms with van der Waals surface area (Å²) in [6.45, 7) is 1.61. The fraction of sp³-hybridized carbons (Fsp3) is 0.188. The van der Waals surface area contributed by atoms with Crippen LogP contribution in [-0.2, 0) is 14.4 Å². The fourth-order valence-corrected chi connectivity index (χ4v) is 1.21. The Morgan fingerprint density at radius 1 is 1.04 bits per heavy atom. The van der Waals surface area contributed by atoms with E-state index in [1.807, 2.05) is 0 Å². The smallest absolute Gasteiger partial charge is 0.545 e. The number of aliphatic hydroxyl groups is 1. The number of aliphatic carboxylic acids is 3. The summed E-state index contributed by atoms with van der Waals surface area (Å²) < 4.78 is 0. The van der Waals surface area contributed by atoms with E-state index in [2.05, 4.69) is 19.9 Å². The maximum atomic E-state index is 9.86. The summed E-state index contributed by atoms with van der Waals surface area (Å²) in [6.07, 6.45) is 9.75. The van der Waals surface area contributed by atoms with Crippen molar-refractivity contribution in [3.05, 3.63) is 48.6 Å². The van der Waals surface area contributed by atoms with Crippen molar-refractivity contribution in [2.45, 2.75) is 19.4 Å². The van der Waals surface area contributed by atoms with Gasteiger partial charge in [-0.2, -0.15) is 0 Å². The molecule has 12 heteroatoms. The predicted molar refractivity (Wildman–Crippen MR) is 94.9 cm³/mol. The number of aliphatic hydroxyl groups excluding tert-OH is 1. The number of hydrogen-bond donors (Lipinski definition) is 4. The number of H-pyrrole nitrogens is 2. The van der Waals surface area contributed by atoms with Gasteiger partial charge in [0.2, 0.25) is 0 Å². The SMILES string of the molecule is CCC(O)C(=O)O.O=C([O-])C=Cc1c[nH]cn1.O=C([O-])C=Cc1c[nH]cn1.[Se+2]. The molecule has 1 atom stereocenters. The molecule has 4 N–H and O–H groups in total. The van der Waals surface area contributed by atoms with Crippen LogP contribution in [0, 0.1) is 0 Å². The van der Waals surface area contributed by atoms with Gasteiger partial charge in [-0.15, -0.1) is 0 Å². The normalized spacial score (nSPS) is 10.8. The zero-order chi connectivity index (χ0) is 20.7. The van der Waals surface area contributed by atoms with Crippen LogP contribution in [0.1, 0.15) is 24.7 Å². The average Bonchev–Trinajstić information content (AvgIpc) is 3.32. The topological polar surface area (TPSA) is 195 Å². The summed E-state index contributed by atoms with van der Waals surface area (Å²) >= 11 is 0. The third kappa shape index (κ3) is 15.1. The van der Waals surface area contributed by atoms with Gasteiger partial charge in [0.1, 0.15) is 0 Å². The van der Waals surface area contributed by atoms with Crippen LogP contribution in [0.2, 0.25) is 0 Å². The quantitative estimate of drug-likeness (QED) is 0.275. The molecule has 0 aliphatic carbocycles. The second-order valence-corrected chi connectivity index (χ2v) is 4.56. The van der Waals surface area contributed by atoms with Crippen molar-refractivity contribution in [3.8, 4) is 0 Å². The molecule has 0 saturated heterocycles. The summed E-state index contributed by atoms with van der Waals surface area (Å²) in [4.78, 5) is 42.3. The number of carboxylic acid groups (broad SMARTS) is 3. The Bertz CT molecular complexity index is 689. The molecule has 0 saturated carbocycles. The molecule has 2 aromatic rings. The number of hydrogen-bond acceptors (Lipinski definition) is 8. The Labute approximate surface area is 170 Å². The van der Waals surface area contributed by atoms with Crippen LogP contribution in [0.25, 0.3) is 12.2 Å². The molecule has 1 unspecified atom stereocenters. The first-order valence-electron chi connectivity index (χ1n) is 7.42. The third-order valence-corrected chi connectivity index (χ3v) is 2.49. The van der Waals surface area contributed by atoms with Crippen LogP contribution in [0.15, 0.2) is 37.2 Å². The van der Waals surface area contributed by atoms with E-state index in [4.69, 9.17) is 10.2 Å². The number of nitrogens with one attached hydrogen (secondary N) is 2. The molecule has 0 aliphatic heterocycles. The van der Waals surface area contributed by atoms with Crippen LogP contribution < -0.4 is 10.2 Å². The molecule has 28 heavy (non-hydrogen) atoms. The van der Waals surface area contributed by atoms with E-state index in [-0.39, 0.29) is 23.5 Å². The van der Waals surface area contributed by atoms with Crippen LogP contribution >= 0.6 is 0 Å². The van der Waals surface area contributed by atoms with E-state index in [0.717, 1.165) is 12.2 Å². The van der Waals surface area contributed by atoms with Crippen molar-refractivity contribution >= 4 is 47.1 Å². The number of aromatic amines is 2. The van der Waals surface area contributed by atoms with Gasteiger partial charge in [-0.25, -0.2) is 14.8 Å². The van der Waals surface area contributed by atoms with Gasteiger partial charge < -0.3 is 40.0 Å². The van der Waals surface area contributed by atoms with E-state index >= 15 is 0 Å². The second-order valence-electron chi connectivity index (χ2n) is 4.56. The Morgan fingerprint density at radius 2 is 1.43 bits per heavy atom. The summed E-state index contributed by atoms with van der Waals surface area (Å²) in [5.74, 6) is -3.59. The molecule has 0 bridgehead atoms. The summed E-state index contributed by atoms with van der Waals surface area (Å²) in [7, 11) is 0. The minimum atomic E-state index is -1.22. The summed E-state index contributed by atoms with van der Waals surface area (Å²) in [5, 5.41) is 36.0. The van der Waals surface area contributed by atoms with E-state index in [0.29, 0.717) is 11.4 Å². The molecule has 11 nitrogen and oxygen atoms in total. The monoisotopic (exact) mass is 458 g/mol. The van der Waals surface area contributed by atoms with E-state index in [9.17, 15) is 24.6 Å². The van der Waals surface area contributed by atoms with Gasteiger partial charge in [0.25, 0.3) is 0 Å². The molecule has 2 heterocycles. The van der Waals surface area contributed by atoms with Gasteiger partial charge in [0.15, 0.2) is 6.10 Å². The molecule has 0 aliphatic rings. The maximum absolute atomic E-state index is 9.86. The number of carboxylic acids is 3. The molecular formula is C16H18N4O7Se. The van der Waals surface area contributed by atoms with Crippen molar-refractivity contribution in [1.82, 2.24) is 19.9 Å². The van der Waals surface area contributed by atoms with Crippen molar-refractivity contribution in [3.63, 3.8) is 0 Å². The van der Waals surface area contributed by atoms with Crippen molar-refractivity contribution in [2.24, 2.45) is 0 Å². The number of nitrogens with zero attached hydrogens (tertiary/aromatic N) is 2. The third-order valence-electron chi connectivity index (χ3n) is 2.49. The van der Waals surface area contributed by atoms with Gasteiger partial charge in [0.05, 0.1) is 36.0 Å². The van der Waals surface area contributed by atoms with Crippen LogP contribution in [0.4, 0.5) is 0 Å². The minimum Gasteiger partial charge on any atom is -0.545 e. The van der Waals surface area contributed by atoms with Crippen molar-refractivity contribution in [2.75, 3.05) is 0 Å². The van der Waals surface area contributed by atoms with Gasteiger partial charge in [0, 0.05) is 12.4 Å². The van der Waals surface area contributed by atoms with Crippen LogP contribution in [-0.4, -0.2) is 71.2 Å². The zero-order valence-corrected chi connectivity index (χ0v) is 16.4. The number of carbonyl (C=O) groups excluding carboxylic acids is 2. The summed E-state index contributed by atoms with van der Waals surface area (Å²) in [5.41, 5.74) is 1.15. The molecule has 0 spiro atoms. The first-order valence-corrected chi connectivity index (χ1v) is 7.42.